The second-order valence-corrected chi connectivity index (χ2v) is 3.78. The van der Waals surface area contributed by atoms with E-state index in [1.54, 1.807) is 7.11 Å². The number of methoxy groups -OCH3 is 1. The van der Waals surface area contributed by atoms with Gasteiger partial charge in [-0.25, -0.2) is 0 Å². The van der Waals surface area contributed by atoms with Crippen molar-refractivity contribution in [3.05, 3.63) is 42.0 Å². The Morgan fingerprint density at radius 1 is 1.20 bits per heavy atom. The van der Waals surface area contributed by atoms with E-state index in [1.165, 1.54) is 5.56 Å². The summed E-state index contributed by atoms with van der Waals surface area (Å²) in [6, 6.07) is 4.05. The molecule has 0 aliphatic rings. The smallest absolute Gasteiger partial charge is 0.119 e. The van der Waals surface area contributed by atoms with E-state index in [2.05, 4.69) is 33.1 Å². The molecule has 1 aromatic carbocycles. The molecule has 0 radical (unpaired) electrons. The standard InChI is InChI=1S/C14H18O/c1-6-11-8-12(15-5)9-14(10(3)4)13(11)7-2/h6-10H,1-2H2,3-5H3. The molecule has 0 fully saturated rings. The van der Waals surface area contributed by atoms with Crippen molar-refractivity contribution in [2.75, 3.05) is 7.11 Å². The number of benzene rings is 1. The van der Waals surface area contributed by atoms with Crippen molar-refractivity contribution in [2.24, 2.45) is 0 Å². The summed E-state index contributed by atoms with van der Waals surface area (Å²) < 4.78 is 5.26. The first-order chi connectivity index (χ1) is 7.13. The van der Waals surface area contributed by atoms with Crippen LogP contribution in [0.5, 0.6) is 5.75 Å². The summed E-state index contributed by atoms with van der Waals surface area (Å²) in [7, 11) is 1.68. The third-order valence-electron chi connectivity index (χ3n) is 2.50. The highest BCUT2D eigenvalue weighted by Crippen LogP contribution is 2.29. The van der Waals surface area contributed by atoms with Gasteiger partial charge >= 0.3 is 0 Å². The highest BCUT2D eigenvalue weighted by molar-refractivity contribution is 5.68. The van der Waals surface area contributed by atoms with Crippen LogP contribution in [0, 0.1) is 0 Å². The van der Waals surface area contributed by atoms with E-state index in [0.29, 0.717) is 5.92 Å². The molecule has 80 valence electrons. The number of hydrogen-bond donors (Lipinski definition) is 0. The van der Waals surface area contributed by atoms with E-state index in [4.69, 9.17) is 4.74 Å². The first-order valence-electron chi connectivity index (χ1n) is 5.10. The van der Waals surface area contributed by atoms with Gasteiger partial charge in [0.05, 0.1) is 7.11 Å². The van der Waals surface area contributed by atoms with E-state index < -0.39 is 0 Å². The fraction of sp³-hybridized carbons (Fsp3) is 0.286. The molecule has 0 atom stereocenters. The Bertz CT molecular complexity index is 375. The quantitative estimate of drug-likeness (QED) is 0.714. The van der Waals surface area contributed by atoms with Crippen molar-refractivity contribution >= 4 is 12.2 Å². The highest BCUT2D eigenvalue weighted by Gasteiger charge is 2.09. The highest BCUT2D eigenvalue weighted by atomic mass is 16.5. The first kappa shape index (κ1) is 11.6. The Hall–Kier alpha value is -1.50. The molecule has 0 bridgehead atoms. The van der Waals surface area contributed by atoms with Crippen LogP contribution in [0.4, 0.5) is 0 Å². The molecule has 1 rings (SSSR count). The van der Waals surface area contributed by atoms with Crippen LogP contribution in [-0.2, 0) is 0 Å². The van der Waals surface area contributed by atoms with Crippen LogP contribution in [-0.4, -0.2) is 7.11 Å². The molecule has 15 heavy (non-hydrogen) atoms. The average molecular weight is 202 g/mol. The van der Waals surface area contributed by atoms with Crippen LogP contribution < -0.4 is 4.74 Å². The van der Waals surface area contributed by atoms with Crippen LogP contribution in [0.3, 0.4) is 0 Å². The predicted molar refractivity (Wildman–Crippen MR) is 67.3 cm³/mol. The Morgan fingerprint density at radius 2 is 1.87 bits per heavy atom. The molecule has 0 aliphatic carbocycles. The van der Waals surface area contributed by atoms with Crippen LogP contribution in [0.15, 0.2) is 25.3 Å². The van der Waals surface area contributed by atoms with Gasteiger partial charge in [0.25, 0.3) is 0 Å². The third-order valence-corrected chi connectivity index (χ3v) is 2.50. The van der Waals surface area contributed by atoms with Crippen molar-refractivity contribution < 1.29 is 4.74 Å². The van der Waals surface area contributed by atoms with Gasteiger partial charge in [-0.2, -0.15) is 0 Å². The lowest BCUT2D eigenvalue weighted by atomic mass is 9.93. The monoisotopic (exact) mass is 202 g/mol. The van der Waals surface area contributed by atoms with E-state index >= 15 is 0 Å². The molecular formula is C14H18O. The molecule has 0 aromatic heterocycles. The van der Waals surface area contributed by atoms with Gasteiger partial charge in [0.15, 0.2) is 0 Å². The lowest BCUT2D eigenvalue weighted by molar-refractivity contribution is 0.414. The molecule has 0 aliphatic heterocycles. The summed E-state index contributed by atoms with van der Waals surface area (Å²) in [5, 5.41) is 0. The predicted octanol–water partition coefficient (Wildman–Crippen LogP) is 4.10. The Morgan fingerprint density at radius 3 is 2.27 bits per heavy atom. The molecule has 1 aromatic rings. The second kappa shape index (κ2) is 4.83. The molecule has 0 saturated carbocycles. The maximum absolute atomic E-state index is 5.26. The zero-order chi connectivity index (χ0) is 11.4. The summed E-state index contributed by atoms with van der Waals surface area (Å²) in [6.45, 7) is 12.0. The Balaban J connectivity index is 3.45. The minimum atomic E-state index is 0.451. The Kier molecular flexibility index (Phi) is 3.73. The molecular weight excluding hydrogens is 184 g/mol. The summed E-state index contributed by atoms with van der Waals surface area (Å²) in [4.78, 5) is 0. The van der Waals surface area contributed by atoms with Gasteiger partial charge in [0.1, 0.15) is 5.75 Å². The van der Waals surface area contributed by atoms with Crippen molar-refractivity contribution in [3.8, 4) is 5.75 Å². The zero-order valence-corrected chi connectivity index (χ0v) is 9.71. The van der Waals surface area contributed by atoms with Gasteiger partial charge in [-0.1, -0.05) is 39.2 Å². The molecule has 0 N–H and O–H groups in total. The van der Waals surface area contributed by atoms with Gasteiger partial charge in [0.2, 0.25) is 0 Å². The van der Waals surface area contributed by atoms with E-state index in [1.807, 2.05) is 18.2 Å². The largest absolute Gasteiger partial charge is 0.497 e. The minimum absolute atomic E-state index is 0.451. The zero-order valence-electron chi connectivity index (χ0n) is 9.71. The first-order valence-corrected chi connectivity index (χ1v) is 5.10. The lowest BCUT2D eigenvalue weighted by Gasteiger charge is -2.14. The SMILES string of the molecule is C=Cc1cc(OC)cc(C(C)C)c1C=C. The second-order valence-electron chi connectivity index (χ2n) is 3.78. The number of rotatable bonds is 4. The van der Waals surface area contributed by atoms with Crippen molar-refractivity contribution in [1.82, 2.24) is 0 Å². The van der Waals surface area contributed by atoms with Crippen molar-refractivity contribution in [2.45, 2.75) is 19.8 Å². The van der Waals surface area contributed by atoms with Crippen LogP contribution in [0.25, 0.3) is 12.2 Å². The molecule has 0 amide bonds. The molecule has 1 nitrogen and oxygen atoms in total. The van der Waals surface area contributed by atoms with Crippen LogP contribution >= 0.6 is 0 Å². The summed E-state index contributed by atoms with van der Waals surface area (Å²) in [5.74, 6) is 1.33. The summed E-state index contributed by atoms with van der Waals surface area (Å²) in [6.07, 6.45) is 3.72. The maximum atomic E-state index is 5.26. The summed E-state index contributed by atoms with van der Waals surface area (Å²) >= 11 is 0. The van der Waals surface area contributed by atoms with E-state index in [9.17, 15) is 0 Å². The third kappa shape index (κ3) is 2.30. The molecule has 0 heterocycles. The van der Waals surface area contributed by atoms with Gasteiger partial charge < -0.3 is 4.74 Å². The fourth-order valence-electron chi connectivity index (χ4n) is 1.67. The van der Waals surface area contributed by atoms with Crippen molar-refractivity contribution in [1.29, 1.82) is 0 Å². The van der Waals surface area contributed by atoms with Gasteiger partial charge in [0, 0.05) is 0 Å². The molecule has 0 spiro atoms. The number of ether oxygens (including phenoxy) is 1. The summed E-state index contributed by atoms with van der Waals surface area (Å²) in [5.41, 5.74) is 3.48. The maximum Gasteiger partial charge on any atom is 0.119 e. The van der Waals surface area contributed by atoms with Crippen molar-refractivity contribution in [3.63, 3.8) is 0 Å². The average Bonchev–Trinajstić information content (AvgIpc) is 2.26. The molecule has 0 unspecified atom stereocenters. The minimum Gasteiger partial charge on any atom is -0.497 e. The van der Waals surface area contributed by atoms with E-state index in [0.717, 1.165) is 16.9 Å². The topological polar surface area (TPSA) is 9.23 Å². The van der Waals surface area contributed by atoms with Crippen LogP contribution in [0.1, 0.15) is 36.5 Å². The van der Waals surface area contributed by atoms with E-state index in [-0.39, 0.29) is 0 Å². The van der Waals surface area contributed by atoms with Gasteiger partial charge in [-0.3, -0.25) is 0 Å². The molecule has 0 saturated heterocycles. The lowest BCUT2D eigenvalue weighted by Crippen LogP contribution is -1.96. The Labute approximate surface area is 92.1 Å². The normalized spacial score (nSPS) is 10.1. The number of hydrogen-bond acceptors (Lipinski definition) is 1. The van der Waals surface area contributed by atoms with Gasteiger partial charge in [-0.05, 0) is 34.7 Å². The van der Waals surface area contributed by atoms with Gasteiger partial charge in [-0.15, -0.1) is 0 Å². The van der Waals surface area contributed by atoms with Crippen LogP contribution in [0.2, 0.25) is 0 Å². The molecule has 1 heteroatoms. The fourth-order valence-corrected chi connectivity index (χ4v) is 1.67.